The first kappa shape index (κ1) is 14.5. The van der Waals surface area contributed by atoms with E-state index in [4.69, 9.17) is 0 Å². The Hall–Kier alpha value is -0.860. The lowest BCUT2D eigenvalue weighted by Crippen LogP contribution is -2.37. The lowest BCUT2D eigenvalue weighted by atomic mass is 9.71. The number of fused-ring (bicyclic) bond motifs is 1. The third-order valence-corrected chi connectivity index (χ3v) is 4.30. The fourth-order valence-electron chi connectivity index (χ4n) is 3.31. The molecule has 0 amide bonds. The summed E-state index contributed by atoms with van der Waals surface area (Å²) in [5.41, 5.74) is 3.20. The van der Waals surface area contributed by atoms with Crippen LogP contribution in [0.3, 0.4) is 0 Å². The van der Waals surface area contributed by atoms with Crippen LogP contribution in [0.15, 0.2) is 24.3 Å². The first-order chi connectivity index (χ1) is 8.90. The summed E-state index contributed by atoms with van der Waals surface area (Å²) in [6.07, 6.45) is 2.96. The van der Waals surface area contributed by atoms with Gasteiger partial charge in [-0.25, -0.2) is 0 Å². The van der Waals surface area contributed by atoms with Gasteiger partial charge in [0.15, 0.2) is 0 Å². The van der Waals surface area contributed by atoms with E-state index in [0.29, 0.717) is 12.1 Å². The first-order valence-corrected chi connectivity index (χ1v) is 7.43. The molecular formula is C17H27NO. The molecule has 1 aliphatic rings. The van der Waals surface area contributed by atoms with E-state index in [9.17, 15) is 5.11 Å². The van der Waals surface area contributed by atoms with Crippen molar-refractivity contribution >= 4 is 0 Å². The highest BCUT2D eigenvalue weighted by atomic mass is 16.3. The first-order valence-electron chi connectivity index (χ1n) is 7.43. The van der Waals surface area contributed by atoms with Crippen molar-refractivity contribution in [2.45, 2.75) is 70.6 Å². The summed E-state index contributed by atoms with van der Waals surface area (Å²) in [5.74, 6) is 0. The minimum absolute atomic E-state index is 0.238. The summed E-state index contributed by atoms with van der Waals surface area (Å²) < 4.78 is 0. The van der Waals surface area contributed by atoms with Crippen molar-refractivity contribution in [3.8, 4) is 0 Å². The molecule has 1 aliphatic carbocycles. The summed E-state index contributed by atoms with van der Waals surface area (Å²) in [7, 11) is 0. The van der Waals surface area contributed by atoms with Crippen LogP contribution in [0.1, 0.15) is 64.1 Å². The summed E-state index contributed by atoms with van der Waals surface area (Å²) >= 11 is 0. The van der Waals surface area contributed by atoms with Crippen LogP contribution in [0.2, 0.25) is 0 Å². The van der Waals surface area contributed by atoms with Crippen LogP contribution in [0.5, 0.6) is 0 Å². The summed E-state index contributed by atoms with van der Waals surface area (Å²) in [5, 5.41) is 13.2. The number of hydrogen-bond acceptors (Lipinski definition) is 2. The molecule has 3 atom stereocenters. The van der Waals surface area contributed by atoms with Gasteiger partial charge in [-0.3, -0.25) is 0 Å². The topological polar surface area (TPSA) is 32.3 Å². The van der Waals surface area contributed by atoms with Crippen LogP contribution in [-0.2, 0) is 5.41 Å². The van der Waals surface area contributed by atoms with E-state index in [1.54, 1.807) is 0 Å². The average Bonchev–Trinajstić information content (AvgIpc) is 2.32. The fourth-order valence-corrected chi connectivity index (χ4v) is 3.31. The van der Waals surface area contributed by atoms with Gasteiger partial charge in [0, 0.05) is 12.1 Å². The number of hydrogen-bond donors (Lipinski definition) is 2. The van der Waals surface area contributed by atoms with E-state index in [0.717, 1.165) is 6.42 Å². The van der Waals surface area contributed by atoms with Gasteiger partial charge in [0.05, 0.1) is 6.10 Å². The van der Waals surface area contributed by atoms with E-state index in [-0.39, 0.29) is 11.5 Å². The molecule has 0 fully saturated rings. The molecular weight excluding hydrogens is 234 g/mol. The van der Waals surface area contributed by atoms with Gasteiger partial charge >= 0.3 is 0 Å². The van der Waals surface area contributed by atoms with Crippen LogP contribution in [-0.4, -0.2) is 17.3 Å². The highest BCUT2D eigenvalue weighted by Gasteiger charge is 2.32. The second kappa shape index (κ2) is 5.64. The molecule has 0 bridgehead atoms. The molecule has 0 heterocycles. The molecule has 2 nitrogen and oxygen atoms in total. The Labute approximate surface area is 117 Å². The molecule has 2 heteroatoms. The molecule has 0 aliphatic heterocycles. The summed E-state index contributed by atoms with van der Waals surface area (Å²) in [6.45, 7) is 8.69. The lowest BCUT2D eigenvalue weighted by Gasteiger charge is -2.38. The van der Waals surface area contributed by atoms with E-state index >= 15 is 0 Å². The Morgan fingerprint density at radius 2 is 2.00 bits per heavy atom. The van der Waals surface area contributed by atoms with E-state index in [1.165, 1.54) is 24.0 Å². The number of aliphatic hydroxyl groups is 1. The number of benzene rings is 1. The minimum Gasteiger partial charge on any atom is -0.393 e. The summed E-state index contributed by atoms with van der Waals surface area (Å²) in [6, 6.07) is 9.57. The SMILES string of the molecule is CC(O)CC(C)NC1CCC(C)(C)c2ccccc21. The second-order valence-electron chi connectivity index (χ2n) is 6.71. The highest BCUT2D eigenvalue weighted by molar-refractivity contribution is 5.38. The Bertz CT molecular complexity index is 425. The maximum Gasteiger partial charge on any atom is 0.0526 e. The molecule has 3 unspecified atom stereocenters. The van der Waals surface area contributed by atoms with Crippen LogP contribution >= 0.6 is 0 Å². The van der Waals surface area contributed by atoms with Gasteiger partial charge < -0.3 is 10.4 Å². The Morgan fingerprint density at radius 1 is 1.32 bits per heavy atom. The van der Waals surface area contributed by atoms with E-state index < -0.39 is 0 Å². The molecule has 2 rings (SSSR count). The Kier molecular flexibility index (Phi) is 4.32. The van der Waals surface area contributed by atoms with Gasteiger partial charge in [0.25, 0.3) is 0 Å². The molecule has 106 valence electrons. The molecule has 0 saturated carbocycles. The van der Waals surface area contributed by atoms with Crippen molar-refractivity contribution in [1.29, 1.82) is 0 Å². The third-order valence-electron chi connectivity index (χ3n) is 4.30. The van der Waals surface area contributed by atoms with Crippen molar-refractivity contribution in [3.05, 3.63) is 35.4 Å². The van der Waals surface area contributed by atoms with Crippen LogP contribution in [0, 0.1) is 0 Å². The molecule has 0 saturated heterocycles. The van der Waals surface area contributed by atoms with Gasteiger partial charge in [0.1, 0.15) is 0 Å². The number of nitrogens with one attached hydrogen (secondary N) is 1. The quantitative estimate of drug-likeness (QED) is 0.868. The van der Waals surface area contributed by atoms with Crippen molar-refractivity contribution in [2.24, 2.45) is 0 Å². The molecule has 1 aromatic carbocycles. The molecule has 19 heavy (non-hydrogen) atoms. The zero-order valence-electron chi connectivity index (χ0n) is 12.6. The molecule has 0 aromatic heterocycles. The summed E-state index contributed by atoms with van der Waals surface area (Å²) in [4.78, 5) is 0. The van der Waals surface area contributed by atoms with Gasteiger partial charge in [-0.1, -0.05) is 38.1 Å². The van der Waals surface area contributed by atoms with E-state index in [2.05, 4.69) is 50.4 Å². The highest BCUT2D eigenvalue weighted by Crippen LogP contribution is 2.41. The fraction of sp³-hybridized carbons (Fsp3) is 0.647. The standard InChI is InChI=1S/C17H27NO/c1-12(11-13(2)19)18-16-9-10-17(3,4)15-8-6-5-7-14(15)16/h5-8,12-13,16,18-19H,9-11H2,1-4H3. The second-order valence-corrected chi connectivity index (χ2v) is 6.71. The zero-order chi connectivity index (χ0) is 14.0. The average molecular weight is 261 g/mol. The van der Waals surface area contributed by atoms with Crippen molar-refractivity contribution in [3.63, 3.8) is 0 Å². The normalized spacial score (nSPS) is 24.6. The Morgan fingerprint density at radius 3 is 2.68 bits per heavy atom. The maximum absolute atomic E-state index is 9.49. The Balaban J connectivity index is 2.16. The van der Waals surface area contributed by atoms with Gasteiger partial charge in [0.2, 0.25) is 0 Å². The predicted molar refractivity (Wildman–Crippen MR) is 80.3 cm³/mol. The number of aliphatic hydroxyl groups excluding tert-OH is 1. The largest absolute Gasteiger partial charge is 0.393 e. The van der Waals surface area contributed by atoms with Gasteiger partial charge in [-0.05, 0) is 49.7 Å². The lowest BCUT2D eigenvalue weighted by molar-refractivity contribution is 0.166. The van der Waals surface area contributed by atoms with Crippen LogP contribution in [0.25, 0.3) is 0 Å². The molecule has 1 aromatic rings. The molecule has 2 N–H and O–H groups in total. The monoisotopic (exact) mass is 261 g/mol. The molecule has 0 spiro atoms. The third kappa shape index (κ3) is 3.37. The number of rotatable bonds is 4. The van der Waals surface area contributed by atoms with Gasteiger partial charge in [-0.15, -0.1) is 0 Å². The minimum atomic E-state index is -0.238. The van der Waals surface area contributed by atoms with Crippen molar-refractivity contribution < 1.29 is 5.11 Å². The van der Waals surface area contributed by atoms with Crippen molar-refractivity contribution in [1.82, 2.24) is 5.32 Å². The van der Waals surface area contributed by atoms with Gasteiger partial charge in [-0.2, -0.15) is 0 Å². The van der Waals surface area contributed by atoms with E-state index in [1.807, 2.05) is 6.92 Å². The molecule has 0 radical (unpaired) electrons. The van der Waals surface area contributed by atoms with Crippen LogP contribution in [0.4, 0.5) is 0 Å². The zero-order valence-corrected chi connectivity index (χ0v) is 12.6. The smallest absolute Gasteiger partial charge is 0.0526 e. The predicted octanol–water partition coefficient (Wildman–Crippen LogP) is 3.55. The maximum atomic E-state index is 9.49. The van der Waals surface area contributed by atoms with Crippen molar-refractivity contribution in [2.75, 3.05) is 0 Å². The van der Waals surface area contributed by atoms with Crippen LogP contribution < -0.4 is 5.32 Å².